The molecule has 2 heteroatoms. The van der Waals surface area contributed by atoms with E-state index in [2.05, 4.69) is 14.1 Å². The molecule has 19 heavy (non-hydrogen) atoms. The predicted octanol–water partition coefficient (Wildman–Crippen LogP) is 2.88. The van der Waals surface area contributed by atoms with Crippen LogP contribution >= 0.6 is 0 Å². The molecule has 1 saturated carbocycles. The van der Waals surface area contributed by atoms with Gasteiger partial charge < -0.3 is 8.97 Å². The first kappa shape index (κ1) is 13.9. The SMILES string of the molecule is C[N+]1(CC[N+]2(C)CC3CCCCC3C2)CCCCC1. The van der Waals surface area contributed by atoms with E-state index in [1.807, 2.05) is 0 Å². The maximum Gasteiger partial charge on any atom is 0.128 e. The highest BCUT2D eigenvalue weighted by atomic mass is 15.4. The number of rotatable bonds is 3. The number of piperidine rings is 1. The Morgan fingerprint density at radius 3 is 1.79 bits per heavy atom. The summed E-state index contributed by atoms with van der Waals surface area (Å²) in [5, 5.41) is 0. The first-order valence-electron chi connectivity index (χ1n) is 8.76. The topological polar surface area (TPSA) is 0 Å². The number of hydrogen-bond donors (Lipinski definition) is 0. The minimum absolute atomic E-state index is 1.07. The fourth-order valence-electron chi connectivity index (χ4n) is 5.14. The van der Waals surface area contributed by atoms with Crippen LogP contribution in [0.3, 0.4) is 0 Å². The molecule has 0 radical (unpaired) electrons. The van der Waals surface area contributed by atoms with E-state index in [0.29, 0.717) is 0 Å². The second-order valence-electron chi connectivity index (χ2n) is 8.36. The lowest BCUT2D eigenvalue weighted by Crippen LogP contribution is -2.55. The van der Waals surface area contributed by atoms with Crippen LogP contribution < -0.4 is 0 Å². The molecule has 3 rings (SSSR count). The summed E-state index contributed by atoms with van der Waals surface area (Å²) in [6, 6.07) is 0. The van der Waals surface area contributed by atoms with Gasteiger partial charge in [0.2, 0.25) is 0 Å². The zero-order valence-corrected chi connectivity index (χ0v) is 13.2. The third-order valence-electron chi connectivity index (χ3n) is 6.49. The lowest BCUT2D eigenvalue weighted by atomic mass is 9.82. The molecule has 3 aliphatic rings. The van der Waals surface area contributed by atoms with Gasteiger partial charge in [0.1, 0.15) is 13.1 Å². The maximum atomic E-state index is 2.55. The van der Waals surface area contributed by atoms with E-state index in [1.54, 1.807) is 0 Å². The van der Waals surface area contributed by atoms with Gasteiger partial charge in [0.15, 0.2) is 0 Å². The molecule has 1 aliphatic carbocycles. The number of fused-ring (bicyclic) bond motifs is 1. The van der Waals surface area contributed by atoms with E-state index in [9.17, 15) is 0 Å². The summed E-state index contributed by atoms with van der Waals surface area (Å²) < 4.78 is 2.76. The Morgan fingerprint density at radius 2 is 1.21 bits per heavy atom. The largest absolute Gasteiger partial charge is 0.321 e. The van der Waals surface area contributed by atoms with Crippen molar-refractivity contribution in [3.05, 3.63) is 0 Å². The van der Waals surface area contributed by atoms with Crippen molar-refractivity contribution in [3.8, 4) is 0 Å². The molecule has 0 aromatic heterocycles. The highest BCUT2D eigenvalue weighted by Crippen LogP contribution is 2.39. The Kier molecular flexibility index (Phi) is 3.92. The van der Waals surface area contributed by atoms with Crippen LogP contribution in [0.5, 0.6) is 0 Å². The van der Waals surface area contributed by atoms with Crippen molar-refractivity contribution < 1.29 is 8.97 Å². The van der Waals surface area contributed by atoms with E-state index < -0.39 is 0 Å². The smallest absolute Gasteiger partial charge is 0.128 e. The van der Waals surface area contributed by atoms with Crippen molar-refractivity contribution in [2.75, 3.05) is 53.4 Å². The lowest BCUT2D eigenvalue weighted by molar-refractivity contribution is -0.961. The van der Waals surface area contributed by atoms with Crippen molar-refractivity contribution in [3.63, 3.8) is 0 Å². The van der Waals surface area contributed by atoms with Crippen LogP contribution in [0.4, 0.5) is 0 Å². The van der Waals surface area contributed by atoms with Gasteiger partial charge in [-0.3, -0.25) is 0 Å². The van der Waals surface area contributed by atoms with Crippen LogP contribution in [0.25, 0.3) is 0 Å². The molecule has 0 aromatic carbocycles. The molecular formula is C17H34N2+2. The van der Waals surface area contributed by atoms with Gasteiger partial charge in [0.25, 0.3) is 0 Å². The number of likely N-dealkylation sites (N-methyl/N-ethyl adjacent to an activating group) is 2. The number of hydrogen-bond acceptors (Lipinski definition) is 0. The molecule has 2 unspecified atom stereocenters. The fourth-order valence-corrected chi connectivity index (χ4v) is 5.14. The standard InChI is InChI=1S/C17H34N2/c1-18(10-6-3-7-11-18)12-13-19(2)14-16-8-4-5-9-17(16)15-19/h16-17H,3-15H2,1-2H3/q+2. The van der Waals surface area contributed by atoms with E-state index in [-0.39, 0.29) is 0 Å². The summed E-state index contributed by atoms with van der Waals surface area (Å²) >= 11 is 0. The molecule has 0 bridgehead atoms. The van der Waals surface area contributed by atoms with Crippen LogP contribution in [0.15, 0.2) is 0 Å². The molecule has 2 saturated heterocycles. The summed E-state index contributed by atoms with van der Waals surface area (Å²) in [6.07, 6.45) is 10.5. The van der Waals surface area contributed by atoms with Crippen LogP contribution in [-0.4, -0.2) is 62.3 Å². The minimum atomic E-state index is 1.07. The maximum absolute atomic E-state index is 2.55. The van der Waals surface area contributed by atoms with Gasteiger partial charge >= 0.3 is 0 Å². The Balaban J connectivity index is 1.54. The van der Waals surface area contributed by atoms with Gasteiger partial charge in [-0.25, -0.2) is 0 Å². The minimum Gasteiger partial charge on any atom is -0.321 e. The van der Waals surface area contributed by atoms with Crippen LogP contribution in [0.2, 0.25) is 0 Å². The molecular weight excluding hydrogens is 232 g/mol. The molecule has 0 N–H and O–H groups in total. The predicted molar refractivity (Wildman–Crippen MR) is 80.9 cm³/mol. The molecule has 2 atom stereocenters. The third kappa shape index (κ3) is 3.16. The normalized spacial score (nSPS) is 42.0. The second-order valence-corrected chi connectivity index (χ2v) is 8.36. The second kappa shape index (κ2) is 5.37. The lowest BCUT2D eigenvalue weighted by Gasteiger charge is -2.40. The molecule has 2 heterocycles. The van der Waals surface area contributed by atoms with Crippen LogP contribution in [0, 0.1) is 11.8 Å². The molecule has 110 valence electrons. The van der Waals surface area contributed by atoms with Crippen molar-refractivity contribution in [2.24, 2.45) is 11.8 Å². The van der Waals surface area contributed by atoms with Gasteiger partial charge in [0.05, 0.1) is 40.3 Å². The van der Waals surface area contributed by atoms with E-state index in [1.165, 1.54) is 93.2 Å². The van der Waals surface area contributed by atoms with Crippen molar-refractivity contribution in [1.29, 1.82) is 0 Å². The Morgan fingerprint density at radius 1 is 0.684 bits per heavy atom. The summed E-state index contributed by atoms with van der Waals surface area (Å²) in [7, 11) is 5.06. The number of nitrogens with zero attached hydrogens (tertiary/aromatic N) is 2. The molecule has 0 amide bonds. The summed E-state index contributed by atoms with van der Waals surface area (Å²) in [6.45, 7) is 8.72. The van der Waals surface area contributed by atoms with Crippen LogP contribution in [-0.2, 0) is 0 Å². The molecule has 3 fully saturated rings. The summed E-state index contributed by atoms with van der Waals surface area (Å²) in [4.78, 5) is 0. The fraction of sp³-hybridized carbons (Fsp3) is 1.00. The van der Waals surface area contributed by atoms with Gasteiger partial charge in [-0.1, -0.05) is 12.8 Å². The Bertz CT molecular complexity index is 292. The molecule has 0 spiro atoms. The number of likely N-dealkylation sites (tertiary alicyclic amines) is 2. The monoisotopic (exact) mass is 266 g/mol. The van der Waals surface area contributed by atoms with Crippen molar-refractivity contribution in [2.45, 2.75) is 44.9 Å². The summed E-state index contributed by atoms with van der Waals surface area (Å²) in [5.41, 5.74) is 0. The molecule has 2 nitrogen and oxygen atoms in total. The van der Waals surface area contributed by atoms with Gasteiger partial charge in [-0.2, -0.15) is 0 Å². The number of quaternary nitrogens is 2. The summed E-state index contributed by atoms with van der Waals surface area (Å²) in [5.74, 6) is 2.15. The molecule has 0 aromatic rings. The zero-order valence-electron chi connectivity index (χ0n) is 13.2. The van der Waals surface area contributed by atoms with E-state index in [0.717, 1.165) is 11.8 Å². The van der Waals surface area contributed by atoms with E-state index >= 15 is 0 Å². The third-order valence-corrected chi connectivity index (χ3v) is 6.49. The Labute approximate surface area is 120 Å². The van der Waals surface area contributed by atoms with Crippen molar-refractivity contribution in [1.82, 2.24) is 0 Å². The quantitative estimate of drug-likeness (QED) is 0.689. The zero-order chi connectivity index (χ0) is 13.3. The first-order valence-corrected chi connectivity index (χ1v) is 8.76. The average molecular weight is 266 g/mol. The van der Waals surface area contributed by atoms with Crippen molar-refractivity contribution >= 4 is 0 Å². The van der Waals surface area contributed by atoms with E-state index in [4.69, 9.17) is 0 Å². The van der Waals surface area contributed by atoms with Gasteiger partial charge in [-0.15, -0.1) is 0 Å². The highest BCUT2D eigenvalue weighted by molar-refractivity contribution is 4.80. The van der Waals surface area contributed by atoms with Crippen LogP contribution in [0.1, 0.15) is 44.9 Å². The highest BCUT2D eigenvalue weighted by Gasteiger charge is 2.44. The average Bonchev–Trinajstić information content (AvgIpc) is 2.74. The molecule has 2 aliphatic heterocycles. The van der Waals surface area contributed by atoms with Gasteiger partial charge in [-0.05, 0) is 32.1 Å². The first-order chi connectivity index (χ1) is 9.09. The van der Waals surface area contributed by atoms with Gasteiger partial charge in [0, 0.05) is 11.8 Å². The Hall–Kier alpha value is -0.0800.